The van der Waals surface area contributed by atoms with Crippen molar-refractivity contribution in [2.45, 2.75) is 38.5 Å². The second kappa shape index (κ2) is 16.6. The molecule has 11 nitrogen and oxygen atoms in total. The highest BCUT2D eigenvalue weighted by molar-refractivity contribution is 7.48. The van der Waals surface area contributed by atoms with Gasteiger partial charge in [-0.1, -0.05) is 0 Å². The van der Waals surface area contributed by atoms with Crippen molar-refractivity contribution in [2.24, 2.45) is 5.90 Å². The van der Waals surface area contributed by atoms with Gasteiger partial charge in [0.1, 0.15) is 6.61 Å². The zero-order chi connectivity index (χ0) is 20.4. The fraction of sp³-hybridized carbons (Fsp3) is 0.800. The van der Waals surface area contributed by atoms with E-state index in [9.17, 15) is 14.2 Å². The van der Waals surface area contributed by atoms with Crippen LogP contribution in [0.3, 0.4) is 0 Å². The quantitative estimate of drug-likeness (QED) is 0.155. The molecule has 12 heteroatoms. The Balaban J connectivity index is 4.15. The third kappa shape index (κ3) is 15.2. The molecule has 0 saturated heterocycles. The van der Waals surface area contributed by atoms with Gasteiger partial charge in [0.25, 0.3) is 0 Å². The summed E-state index contributed by atoms with van der Waals surface area (Å²) in [6.45, 7) is 0.0467. The van der Waals surface area contributed by atoms with Crippen molar-refractivity contribution in [3.8, 4) is 6.07 Å². The molecule has 0 rings (SSSR count). The number of esters is 1. The van der Waals surface area contributed by atoms with Crippen LogP contribution in [0.15, 0.2) is 0 Å². The fourth-order valence-corrected chi connectivity index (χ4v) is 2.86. The van der Waals surface area contributed by atoms with Crippen LogP contribution >= 0.6 is 7.82 Å². The minimum atomic E-state index is -3.86. The number of amides is 1. The number of carbonyl (C=O) groups is 2. The maximum Gasteiger partial charge on any atom is 0.474 e. The summed E-state index contributed by atoms with van der Waals surface area (Å²) in [4.78, 5) is 26.9. The number of phosphoric acid groups is 1. The van der Waals surface area contributed by atoms with Gasteiger partial charge in [0.2, 0.25) is 5.91 Å². The van der Waals surface area contributed by atoms with Gasteiger partial charge >= 0.3 is 13.8 Å². The first kappa shape index (κ1) is 25.5. The van der Waals surface area contributed by atoms with Gasteiger partial charge in [-0.15, -0.1) is 0 Å². The summed E-state index contributed by atoms with van der Waals surface area (Å²) in [7, 11) is -2.39. The number of carbonyl (C=O) groups excluding carboxylic acids is 2. The molecule has 27 heavy (non-hydrogen) atoms. The molecule has 0 aliphatic rings. The summed E-state index contributed by atoms with van der Waals surface area (Å²) in [5.74, 6) is 4.06. The lowest BCUT2D eigenvalue weighted by molar-refractivity contribution is -0.145. The molecule has 0 heterocycles. The molecule has 0 radical (unpaired) electrons. The van der Waals surface area contributed by atoms with Crippen LogP contribution in [-0.4, -0.2) is 52.0 Å². The molecule has 0 saturated carbocycles. The summed E-state index contributed by atoms with van der Waals surface area (Å²) in [6.07, 6.45) is 2.04. The van der Waals surface area contributed by atoms with Crippen LogP contribution in [0.25, 0.3) is 0 Å². The van der Waals surface area contributed by atoms with E-state index in [0.717, 1.165) is 12.8 Å². The summed E-state index contributed by atoms with van der Waals surface area (Å²) in [6, 6.07) is 1.86. The number of phosphoric ester groups is 1. The molecule has 0 aromatic heterocycles. The van der Waals surface area contributed by atoms with Crippen molar-refractivity contribution in [1.82, 2.24) is 5.32 Å². The van der Waals surface area contributed by atoms with E-state index in [4.69, 9.17) is 29.5 Å². The van der Waals surface area contributed by atoms with Crippen LogP contribution in [0.5, 0.6) is 0 Å². The van der Waals surface area contributed by atoms with Gasteiger partial charge < -0.3 is 14.9 Å². The van der Waals surface area contributed by atoms with Crippen molar-refractivity contribution in [3.63, 3.8) is 0 Å². The van der Waals surface area contributed by atoms with Gasteiger partial charge in [0.15, 0.2) is 0 Å². The monoisotopic (exact) mass is 409 g/mol. The highest BCUT2D eigenvalue weighted by atomic mass is 31.2. The van der Waals surface area contributed by atoms with E-state index in [1.165, 1.54) is 7.05 Å². The zero-order valence-corrected chi connectivity index (χ0v) is 16.4. The van der Waals surface area contributed by atoms with Crippen LogP contribution in [0.4, 0.5) is 0 Å². The first-order chi connectivity index (χ1) is 13.0. The smallest absolute Gasteiger partial charge is 0.463 e. The molecular formula is C15H28N3O8P. The zero-order valence-electron chi connectivity index (χ0n) is 15.5. The molecule has 0 aromatic rings. The standard InChI is InChI=1S/C15H28N3O8P/c1-18-14(19)6-7-15(20)22-12-13-26-27(21,25-11-5-8-16)24-10-4-2-3-9-23-17/h2-7,9-13,17H2,1H3,(H,18,19). The lowest BCUT2D eigenvalue weighted by Crippen LogP contribution is -2.19. The van der Waals surface area contributed by atoms with E-state index in [0.29, 0.717) is 13.0 Å². The lowest BCUT2D eigenvalue weighted by atomic mass is 10.2. The second-order valence-electron chi connectivity index (χ2n) is 5.18. The number of ether oxygens (including phenoxy) is 1. The van der Waals surface area contributed by atoms with Gasteiger partial charge in [-0.25, -0.2) is 10.5 Å². The maximum atomic E-state index is 12.5. The average Bonchev–Trinajstić information content (AvgIpc) is 2.66. The van der Waals surface area contributed by atoms with Crippen LogP contribution < -0.4 is 11.2 Å². The Bertz CT molecular complexity index is 512. The van der Waals surface area contributed by atoms with Crippen LogP contribution in [-0.2, 0) is 37.3 Å². The Labute approximate surface area is 159 Å². The SMILES string of the molecule is CNC(=O)CCC(=O)OCCOP(=O)(OCCC#N)OCCCCCON. The number of hydrogen-bond acceptors (Lipinski definition) is 10. The molecule has 0 aromatic carbocycles. The molecule has 156 valence electrons. The molecule has 1 unspecified atom stereocenters. The average molecular weight is 409 g/mol. The normalized spacial score (nSPS) is 12.8. The molecule has 0 aliphatic carbocycles. The van der Waals surface area contributed by atoms with E-state index in [1.807, 2.05) is 6.07 Å². The summed E-state index contributed by atoms with van der Waals surface area (Å²) >= 11 is 0. The number of rotatable bonds is 17. The molecule has 3 N–H and O–H groups in total. The van der Waals surface area contributed by atoms with Crippen LogP contribution in [0.1, 0.15) is 38.5 Å². The Morgan fingerprint density at radius 3 is 2.33 bits per heavy atom. The molecule has 0 fully saturated rings. The third-order valence-electron chi connectivity index (χ3n) is 3.05. The van der Waals surface area contributed by atoms with E-state index in [1.54, 1.807) is 0 Å². The van der Waals surface area contributed by atoms with Gasteiger partial charge in [-0.2, -0.15) is 5.26 Å². The Morgan fingerprint density at radius 2 is 1.67 bits per heavy atom. The Kier molecular flexibility index (Phi) is 15.7. The predicted octanol–water partition coefficient (Wildman–Crippen LogP) is 1.19. The van der Waals surface area contributed by atoms with E-state index < -0.39 is 13.8 Å². The molecule has 1 amide bonds. The number of unbranched alkanes of at least 4 members (excludes halogenated alkanes) is 2. The van der Waals surface area contributed by atoms with Gasteiger partial charge in [0, 0.05) is 13.5 Å². The van der Waals surface area contributed by atoms with E-state index >= 15 is 0 Å². The summed E-state index contributed by atoms with van der Waals surface area (Å²) < 4.78 is 32.7. The number of nitrogens with zero attached hydrogens (tertiary/aromatic N) is 1. The van der Waals surface area contributed by atoms with Crippen LogP contribution in [0.2, 0.25) is 0 Å². The number of hydrogen-bond donors (Lipinski definition) is 2. The highest BCUT2D eigenvalue weighted by Gasteiger charge is 2.26. The Hall–Kier alpha value is -1.54. The maximum absolute atomic E-state index is 12.5. The second-order valence-corrected chi connectivity index (χ2v) is 6.85. The van der Waals surface area contributed by atoms with Crippen molar-refractivity contribution >= 4 is 19.7 Å². The largest absolute Gasteiger partial charge is 0.474 e. The van der Waals surface area contributed by atoms with Gasteiger partial charge in [-0.3, -0.25) is 23.2 Å². The molecule has 0 bridgehead atoms. The first-order valence-corrected chi connectivity index (χ1v) is 10.0. The summed E-state index contributed by atoms with van der Waals surface area (Å²) in [5.41, 5.74) is 0. The van der Waals surface area contributed by atoms with Gasteiger partial charge in [-0.05, 0) is 19.3 Å². The summed E-state index contributed by atoms with van der Waals surface area (Å²) in [5, 5.41) is 10.9. The van der Waals surface area contributed by atoms with Crippen LogP contribution in [0, 0.1) is 11.3 Å². The number of nitrogens with two attached hydrogens (primary N) is 1. The minimum Gasteiger partial charge on any atom is -0.463 e. The van der Waals surface area contributed by atoms with Crippen molar-refractivity contribution in [3.05, 3.63) is 0 Å². The fourth-order valence-electron chi connectivity index (χ4n) is 1.67. The first-order valence-electron chi connectivity index (χ1n) is 8.56. The van der Waals surface area contributed by atoms with Crippen molar-refractivity contribution in [2.75, 3.05) is 40.1 Å². The molecule has 0 spiro atoms. The van der Waals surface area contributed by atoms with Crippen molar-refractivity contribution in [1.29, 1.82) is 5.26 Å². The molecule has 0 aliphatic heterocycles. The topological polar surface area (TPSA) is 159 Å². The predicted molar refractivity (Wildman–Crippen MR) is 93.9 cm³/mol. The van der Waals surface area contributed by atoms with E-state index in [-0.39, 0.29) is 51.6 Å². The lowest BCUT2D eigenvalue weighted by Gasteiger charge is -2.17. The Morgan fingerprint density at radius 1 is 1.00 bits per heavy atom. The van der Waals surface area contributed by atoms with Crippen molar-refractivity contribution < 1.29 is 37.3 Å². The third-order valence-corrected chi connectivity index (χ3v) is 4.55. The highest BCUT2D eigenvalue weighted by Crippen LogP contribution is 2.49. The van der Waals surface area contributed by atoms with Gasteiger partial charge in [0.05, 0.1) is 45.3 Å². The number of nitrogens with one attached hydrogen (secondary N) is 1. The number of nitriles is 1. The molecule has 1 atom stereocenters. The van der Waals surface area contributed by atoms with E-state index in [2.05, 4.69) is 10.2 Å². The molecular weight excluding hydrogens is 381 g/mol. The minimum absolute atomic E-state index is 0.0181.